The molecule has 33 heavy (non-hydrogen) atoms. The van der Waals surface area contributed by atoms with Crippen molar-refractivity contribution in [2.75, 3.05) is 10.0 Å². The second-order valence-corrected chi connectivity index (χ2v) is 9.51. The summed E-state index contributed by atoms with van der Waals surface area (Å²) in [6, 6.07) is 15.2. The lowest BCUT2D eigenvalue weighted by Crippen LogP contribution is -2.14. The molecule has 0 aliphatic heterocycles. The molecule has 0 spiro atoms. The van der Waals surface area contributed by atoms with Crippen molar-refractivity contribution in [3.63, 3.8) is 0 Å². The van der Waals surface area contributed by atoms with Crippen molar-refractivity contribution in [1.82, 2.24) is 9.78 Å². The molecule has 0 saturated carbocycles. The van der Waals surface area contributed by atoms with Crippen LogP contribution in [0.5, 0.6) is 0 Å². The van der Waals surface area contributed by atoms with Crippen LogP contribution in [-0.2, 0) is 27.8 Å². The standard InChI is InChI=1S/C24H27N5O3S/c1-17-5-11-22(12-6-17)33(31,32)28-21-9-7-20(8-10-21)26-24(30)14-13-23-18(2)27-29(19(23)3)16-4-15-25/h5-12,28H,4,13-14,16H2,1-3H3,(H,26,30). The van der Waals surface area contributed by atoms with Gasteiger partial charge in [-0.3, -0.25) is 14.2 Å². The van der Waals surface area contributed by atoms with Crippen LogP contribution in [0.1, 0.15) is 35.4 Å². The minimum atomic E-state index is -3.68. The number of anilines is 2. The Labute approximate surface area is 194 Å². The first-order chi connectivity index (χ1) is 15.7. The molecular weight excluding hydrogens is 438 g/mol. The van der Waals surface area contributed by atoms with Gasteiger partial charge in [-0.15, -0.1) is 0 Å². The van der Waals surface area contributed by atoms with Crippen LogP contribution in [0, 0.1) is 32.1 Å². The molecule has 0 bridgehead atoms. The van der Waals surface area contributed by atoms with E-state index in [4.69, 9.17) is 5.26 Å². The summed E-state index contributed by atoms with van der Waals surface area (Å²) < 4.78 is 29.4. The minimum absolute atomic E-state index is 0.147. The zero-order valence-electron chi connectivity index (χ0n) is 18.9. The Bertz CT molecular complexity index is 1270. The van der Waals surface area contributed by atoms with Gasteiger partial charge in [0.15, 0.2) is 0 Å². The fourth-order valence-electron chi connectivity index (χ4n) is 3.48. The molecule has 0 fully saturated rings. The number of carbonyl (C=O) groups is 1. The van der Waals surface area contributed by atoms with Gasteiger partial charge in [-0.25, -0.2) is 8.42 Å². The highest BCUT2D eigenvalue weighted by Gasteiger charge is 2.15. The first kappa shape index (κ1) is 24.0. The zero-order valence-corrected chi connectivity index (χ0v) is 19.7. The van der Waals surface area contributed by atoms with E-state index in [-0.39, 0.29) is 17.2 Å². The number of sulfonamides is 1. The molecular formula is C24H27N5O3S. The maximum Gasteiger partial charge on any atom is 0.261 e. The first-order valence-corrected chi connectivity index (χ1v) is 12.1. The average molecular weight is 466 g/mol. The van der Waals surface area contributed by atoms with Crippen LogP contribution in [0.3, 0.4) is 0 Å². The largest absolute Gasteiger partial charge is 0.326 e. The fourth-order valence-corrected chi connectivity index (χ4v) is 4.54. The molecule has 3 aromatic rings. The Morgan fingerprint density at radius 1 is 1.03 bits per heavy atom. The second-order valence-electron chi connectivity index (χ2n) is 7.82. The van der Waals surface area contributed by atoms with Gasteiger partial charge in [-0.1, -0.05) is 17.7 Å². The van der Waals surface area contributed by atoms with Crippen LogP contribution in [0.15, 0.2) is 53.4 Å². The summed E-state index contributed by atoms with van der Waals surface area (Å²) in [5, 5.41) is 16.1. The van der Waals surface area contributed by atoms with Gasteiger partial charge >= 0.3 is 0 Å². The molecule has 1 heterocycles. The number of nitrogens with zero attached hydrogens (tertiary/aromatic N) is 3. The van der Waals surface area contributed by atoms with Gasteiger partial charge in [-0.05, 0) is 69.2 Å². The minimum Gasteiger partial charge on any atom is -0.326 e. The maximum absolute atomic E-state index is 12.5. The Kier molecular flexibility index (Phi) is 7.51. The molecule has 0 radical (unpaired) electrons. The van der Waals surface area contributed by atoms with E-state index < -0.39 is 10.0 Å². The first-order valence-electron chi connectivity index (χ1n) is 10.6. The molecule has 0 aliphatic carbocycles. The maximum atomic E-state index is 12.5. The number of aryl methyl sites for hydroxylation is 3. The lowest BCUT2D eigenvalue weighted by atomic mass is 10.1. The number of benzene rings is 2. The summed E-state index contributed by atoms with van der Waals surface area (Å²) in [6.45, 7) is 6.28. The van der Waals surface area contributed by atoms with Crippen LogP contribution >= 0.6 is 0 Å². The van der Waals surface area contributed by atoms with Crippen LogP contribution in [0.25, 0.3) is 0 Å². The third kappa shape index (κ3) is 6.20. The Morgan fingerprint density at radius 2 is 1.67 bits per heavy atom. The molecule has 1 amide bonds. The highest BCUT2D eigenvalue weighted by atomic mass is 32.2. The zero-order chi connectivity index (χ0) is 24.0. The number of hydrogen-bond donors (Lipinski definition) is 2. The van der Waals surface area contributed by atoms with Crippen LogP contribution in [0.2, 0.25) is 0 Å². The van der Waals surface area contributed by atoms with E-state index >= 15 is 0 Å². The summed E-state index contributed by atoms with van der Waals surface area (Å²) >= 11 is 0. The number of carbonyl (C=O) groups excluding carboxylic acids is 1. The Balaban J connectivity index is 1.57. The number of aromatic nitrogens is 2. The number of rotatable bonds is 9. The Morgan fingerprint density at radius 3 is 2.30 bits per heavy atom. The third-order valence-electron chi connectivity index (χ3n) is 5.32. The van der Waals surface area contributed by atoms with E-state index in [1.54, 1.807) is 48.5 Å². The summed E-state index contributed by atoms with van der Waals surface area (Å²) in [4.78, 5) is 12.6. The van der Waals surface area contributed by atoms with Crippen LogP contribution < -0.4 is 10.0 Å². The van der Waals surface area contributed by atoms with Gasteiger partial charge in [0.2, 0.25) is 5.91 Å². The highest BCUT2D eigenvalue weighted by Crippen LogP contribution is 2.20. The number of amides is 1. The lowest BCUT2D eigenvalue weighted by molar-refractivity contribution is -0.116. The molecule has 172 valence electrons. The van der Waals surface area contributed by atoms with Crippen molar-refractivity contribution in [2.24, 2.45) is 0 Å². The van der Waals surface area contributed by atoms with E-state index in [1.807, 2.05) is 25.5 Å². The molecule has 0 atom stereocenters. The van der Waals surface area contributed by atoms with E-state index in [0.29, 0.717) is 30.8 Å². The number of nitrogens with one attached hydrogen (secondary N) is 2. The van der Waals surface area contributed by atoms with Crippen molar-refractivity contribution >= 4 is 27.3 Å². The van der Waals surface area contributed by atoms with Crippen LogP contribution in [0.4, 0.5) is 11.4 Å². The van der Waals surface area contributed by atoms with E-state index in [0.717, 1.165) is 22.5 Å². The van der Waals surface area contributed by atoms with Crippen molar-refractivity contribution in [3.8, 4) is 6.07 Å². The summed E-state index contributed by atoms with van der Waals surface area (Å²) in [6.07, 6.45) is 1.22. The molecule has 0 saturated heterocycles. The predicted molar refractivity (Wildman–Crippen MR) is 127 cm³/mol. The van der Waals surface area contributed by atoms with E-state index in [1.165, 1.54) is 0 Å². The highest BCUT2D eigenvalue weighted by molar-refractivity contribution is 7.92. The normalized spacial score (nSPS) is 11.1. The Hall–Kier alpha value is -3.64. The van der Waals surface area contributed by atoms with Crippen molar-refractivity contribution in [3.05, 3.63) is 71.0 Å². The number of nitriles is 1. The summed E-state index contributed by atoms with van der Waals surface area (Å²) in [5.41, 5.74) is 4.82. The SMILES string of the molecule is Cc1ccc(S(=O)(=O)Nc2ccc(NC(=O)CCc3c(C)nn(CCC#N)c3C)cc2)cc1. The van der Waals surface area contributed by atoms with Gasteiger partial charge in [0.1, 0.15) is 0 Å². The smallest absolute Gasteiger partial charge is 0.261 e. The molecule has 9 heteroatoms. The van der Waals surface area contributed by atoms with E-state index in [2.05, 4.69) is 21.2 Å². The third-order valence-corrected chi connectivity index (χ3v) is 6.72. The predicted octanol–water partition coefficient (Wildman–Crippen LogP) is 4.09. The quantitative estimate of drug-likeness (QED) is 0.493. The topological polar surface area (TPSA) is 117 Å². The van der Waals surface area contributed by atoms with Crippen molar-refractivity contribution < 1.29 is 13.2 Å². The molecule has 0 unspecified atom stereocenters. The van der Waals surface area contributed by atoms with E-state index in [9.17, 15) is 13.2 Å². The van der Waals surface area contributed by atoms with Gasteiger partial charge in [0.25, 0.3) is 10.0 Å². The molecule has 0 aliphatic rings. The average Bonchev–Trinajstić information content (AvgIpc) is 3.04. The monoisotopic (exact) mass is 465 g/mol. The fraction of sp³-hybridized carbons (Fsp3) is 0.292. The summed E-state index contributed by atoms with van der Waals surface area (Å²) in [7, 11) is -3.68. The van der Waals surface area contributed by atoms with Gasteiger partial charge in [0, 0.05) is 23.5 Å². The second kappa shape index (κ2) is 10.3. The van der Waals surface area contributed by atoms with Crippen molar-refractivity contribution in [1.29, 1.82) is 5.26 Å². The van der Waals surface area contributed by atoms with Gasteiger partial charge < -0.3 is 5.32 Å². The molecule has 8 nitrogen and oxygen atoms in total. The summed E-state index contributed by atoms with van der Waals surface area (Å²) in [5.74, 6) is -0.147. The van der Waals surface area contributed by atoms with Gasteiger partial charge in [0.05, 0.1) is 29.6 Å². The lowest BCUT2D eigenvalue weighted by Gasteiger charge is -2.10. The molecule has 2 aromatic carbocycles. The van der Waals surface area contributed by atoms with Gasteiger partial charge in [-0.2, -0.15) is 10.4 Å². The number of hydrogen-bond acceptors (Lipinski definition) is 5. The van der Waals surface area contributed by atoms with Crippen molar-refractivity contribution in [2.45, 2.75) is 51.5 Å². The molecule has 3 rings (SSSR count). The molecule has 2 N–H and O–H groups in total. The van der Waals surface area contributed by atoms with Crippen LogP contribution in [-0.4, -0.2) is 24.1 Å². The molecule has 1 aromatic heterocycles.